The Bertz CT molecular complexity index is 1300. The number of alkyl halides is 6. The average molecular weight is 616 g/mol. The molecule has 1 aliphatic rings. The van der Waals surface area contributed by atoms with Crippen LogP contribution in [-0.4, -0.2) is 86.5 Å². The topological polar surface area (TPSA) is 131 Å². The Morgan fingerprint density at radius 2 is 0.930 bits per heavy atom. The molecule has 0 bridgehead atoms. The predicted molar refractivity (Wildman–Crippen MR) is 141 cm³/mol. The summed E-state index contributed by atoms with van der Waals surface area (Å²) in [5, 5.41) is 23.3. The van der Waals surface area contributed by atoms with Crippen molar-refractivity contribution in [1.82, 2.24) is 14.8 Å². The maximum absolute atomic E-state index is 11.0. The van der Waals surface area contributed by atoms with Crippen LogP contribution in [0.4, 0.5) is 26.3 Å². The fourth-order valence-electron chi connectivity index (χ4n) is 3.72. The second-order valence-corrected chi connectivity index (χ2v) is 9.09. The van der Waals surface area contributed by atoms with E-state index < -0.39 is 30.3 Å². The normalized spacial score (nSPS) is 14.0. The lowest BCUT2D eigenvalue weighted by atomic mass is 10.0. The number of halogens is 6. The first-order valence-corrected chi connectivity index (χ1v) is 12.4. The Balaban J connectivity index is 0.000000384. The SMILES string of the molecule is O=C(O)C(F)(F)F.O=C(O)C(F)(F)F.O=C(O)c1ccc(-c2ccc(CN3CCN(Cc4ccncc4)CC3)cc2)cc1. The van der Waals surface area contributed by atoms with E-state index in [2.05, 4.69) is 51.2 Å². The van der Waals surface area contributed by atoms with Crippen molar-refractivity contribution in [2.45, 2.75) is 25.4 Å². The third kappa shape index (κ3) is 12.5. The van der Waals surface area contributed by atoms with Crippen molar-refractivity contribution >= 4 is 17.9 Å². The summed E-state index contributed by atoms with van der Waals surface area (Å²) in [5.41, 5.74) is 5.08. The van der Waals surface area contributed by atoms with Crippen molar-refractivity contribution in [3.05, 3.63) is 89.7 Å². The fourth-order valence-corrected chi connectivity index (χ4v) is 3.72. The number of pyridine rings is 1. The molecule has 2 aromatic carbocycles. The number of nitrogens with zero attached hydrogens (tertiary/aromatic N) is 3. The minimum atomic E-state index is -5.08. The molecule has 3 aromatic rings. The predicted octanol–water partition coefficient (Wildman–Crippen LogP) is 5.03. The molecule has 0 radical (unpaired) electrons. The smallest absolute Gasteiger partial charge is 0.478 e. The van der Waals surface area contributed by atoms with Crippen molar-refractivity contribution < 1.29 is 56.0 Å². The van der Waals surface area contributed by atoms with Crippen molar-refractivity contribution in [3.8, 4) is 11.1 Å². The molecule has 9 nitrogen and oxygen atoms in total. The van der Waals surface area contributed by atoms with E-state index in [4.69, 9.17) is 24.9 Å². The third-order valence-corrected chi connectivity index (χ3v) is 5.93. The number of rotatable bonds is 6. The number of aromatic carboxylic acids is 1. The molecule has 0 unspecified atom stereocenters. The molecular weight excluding hydrogens is 588 g/mol. The van der Waals surface area contributed by atoms with E-state index in [9.17, 15) is 31.1 Å². The first-order chi connectivity index (χ1) is 20.1. The summed E-state index contributed by atoms with van der Waals surface area (Å²) in [5.74, 6) is -6.41. The Kier molecular flexibility index (Phi) is 12.6. The van der Waals surface area contributed by atoms with Crippen LogP contribution in [0.1, 0.15) is 21.5 Å². The molecule has 0 atom stereocenters. The molecule has 1 saturated heterocycles. The monoisotopic (exact) mass is 615 g/mol. The highest BCUT2D eigenvalue weighted by atomic mass is 19.4. The van der Waals surface area contributed by atoms with Crippen molar-refractivity contribution in [2.75, 3.05) is 26.2 Å². The van der Waals surface area contributed by atoms with Crippen molar-refractivity contribution in [2.24, 2.45) is 0 Å². The molecule has 15 heteroatoms. The summed E-state index contributed by atoms with van der Waals surface area (Å²) >= 11 is 0. The van der Waals surface area contributed by atoms with Crippen LogP contribution >= 0.6 is 0 Å². The number of hydrogen-bond donors (Lipinski definition) is 3. The van der Waals surface area contributed by atoms with Gasteiger partial charge in [-0.3, -0.25) is 14.8 Å². The standard InChI is InChI=1S/C24H25N3O2.2C2HF3O2/c28-24(29)23-7-5-22(6-8-23)21-3-1-19(2-4-21)17-26-13-15-27(16-14-26)18-20-9-11-25-12-10-20;2*3-2(4,5)1(6)7/h1-12H,13-18H2,(H,28,29);2*(H,6,7). The van der Waals surface area contributed by atoms with E-state index in [1.165, 1.54) is 11.1 Å². The number of piperazine rings is 1. The van der Waals surface area contributed by atoms with Gasteiger partial charge in [0, 0.05) is 51.7 Å². The van der Waals surface area contributed by atoms with Crippen LogP contribution in [0.5, 0.6) is 0 Å². The van der Waals surface area contributed by atoms with E-state index in [-0.39, 0.29) is 0 Å². The van der Waals surface area contributed by atoms with Gasteiger partial charge in [-0.2, -0.15) is 26.3 Å². The zero-order valence-electron chi connectivity index (χ0n) is 22.3. The van der Waals surface area contributed by atoms with E-state index in [1.54, 1.807) is 12.1 Å². The zero-order chi connectivity index (χ0) is 32.2. The molecule has 0 saturated carbocycles. The quantitative estimate of drug-likeness (QED) is 0.327. The van der Waals surface area contributed by atoms with Gasteiger partial charge < -0.3 is 15.3 Å². The van der Waals surface area contributed by atoms with Crippen LogP contribution in [0, 0.1) is 0 Å². The van der Waals surface area contributed by atoms with Crippen molar-refractivity contribution in [3.63, 3.8) is 0 Å². The Morgan fingerprint density at radius 1 is 0.605 bits per heavy atom. The molecule has 0 spiro atoms. The number of carboxylic acids is 3. The first kappa shape index (κ1) is 34.7. The first-order valence-electron chi connectivity index (χ1n) is 12.4. The van der Waals surface area contributed by atoms with Gasteiger partial charge in [-0.25, -0.2) is 14.4 Å². The van der Waals surface area contributed by atoms with Gasteiger partial charge in [0.2, 0.25) is 0 Å². The van der Waals surface area contributed by atoms with E-state index in [0.29, 0.717) is 5.56 Å². The summed E-state index contributed by atoms with van der Waals surface area (Å²) in [6.45, 7) is 6.26. The van der Waals surface area contributed by atoms with Gasteiger partial charge in [0.05, 0.1) is 5.56 Å². The summed E-state index contributed by atoms with van der Waals surface area (Å²) in [6.07, 6.45) is -6.45. The summed E-state index contributed by atoms with van der Waals surface area (Å²) in [7, 11) is 0. The number of benzene rings is 2. The van der Waals surface area contributed by atoms with Crippen LogP contribution in [0.3, 0.4) is 0 Å². The largest absolute Gasteiger partial charge is 0.490 e. The van der Waals surface area contributed by atoms with Crippen LogP contribution in [0.15, 0.2) is 73.1 Å². The molecule has 0 amide bonds. The lowest BCUT2D eigenvalue weighted by Gasteiger charge is -2.34. The van der Waals surface area contributed by atoms with Gasteiger partial charge in [0.15, 0.2) is 0 Å². The van der Waals surface area contributed by atoms with Gasteiger partial charge >= 0.3 is 30.3 Å². The molecule has 0 aliphatic carbocycles. The van der Waals surface area contributed by atoms with Crippen molar-refractivity contribution in [1.29, 1.82) is 0 Å². The number of carbonyl (C=O) groups is 3. The van der Waals surface area contributed by atoms with Crippen LogP contribution in [0.25, 0.3) is 11.1 Å². The minimum absolute atomic E-state index is 0.313. The van der Waals surface area contributed by atoms with Gasteiger partial charge in [-0.05, 0) is 46.5 Å². The minimum Gasteiger partial charge on any atom is -0.478 e. The highest BCUT2D eigenvalue weighted by molar-refractivity contribution is 5.88. The lowest BCUT2D eigenvalue weighted by molar-refractivity contribution is -0.193. The van der Waals surface area contributed by atoms with E-state index in [1.807, 2.05) is 24.5 Å². The molecule has 1 fully saturated rings. The molecule has 2 heterocycles. The fraction of sp³-hybridized carbons (Fsp3) is 0.286. The third-order valence-electron chi connectivity index (χ3n) is 5.93. The van der Waals surface area contributed by atoms with E-state index >= 15 is 0 Å². The molecule has 4 rings (SSSR count). The highest BCUT2D eigenvalue weighted by Gasteiger charge is 2.38. The summed E-state index contributed by atoms with van der Waals surface area (Å²) < 4.78 is 63.5. The Labute approximate surface area is 241 Å². The number of aliphatic carboxylic acids is 2. The molecule has 3 N–H and O–H groups in total. The van der Waals surface area contributed by atoms with Gasteiger partial charge in [0.25, 0.3) is 0 Å². The Hall–Kier alpha value is -4.50. The van der Waals surface area contributed by atoms with E-state index in [0.717, 1.165) is 50.4 Å². The number of carboxylic acid groups (broad SMARTS) is 3. The zero-order valence-corrected chi connectivity index (χ0v) is 22.3. The van der Waals surface area contributed by atoms with Crippen LogP contribution < -0.4 is 0 Å². The molecule has 1 aliphatic heterocycles. The number of aromatic nitrogens is 1. The van der Waals surface area contributed by atoms with Gasteiger partial charge in [-0.1, -0.05) is 36.4 Å². The summed E-state index contributed by atoms with van der Waals surface area (Å²) in [6, 6.07) is 19.8. The van der Waals surface area contributed by atoms with Gasteiger partial charge in [0.1, 0.15) is 0 Å². The lowest BCUT2D eigenvalue weighted by Crippen LogP contribution is -2.45. The maximum atomic E-state index is 11.0. The Morgan fingerprint density at radius 3 is 1.26 bits per heavy atom. The van der Waals surface area contributed by atoms with Gasteiger partial charge in [-0.15, -0.1) is 0 Å². The molecule has 232 valence electrons. The molecule has 1 aromatic heterocycles. The second-order valence-electron chi connectivity index (χ2n) is 9.09. The molecular formula is C28H27F6N3O6. The summed E-state index contributed by atoms with van der Waals surface area (Å²) in [4.78, 5) is 37.9. The average Bonchev–Trinajstić information content (AvgIpc) is 2.95. The molecule has 43 heavy (non-hydrogen) atoms. The highest BCUT2D eigenvalue weighted by Crippen LogP contribution is 2.21. The number of hydrogen-bond acceptors (Lipinski definition) is 6. The van der Waals surface area contributed by atoms with Crippen LogP contribution in [-0.2, 0) is 22.7 Å². The van der Waals surface area contributed by atoms with Crippen LogP contribution in [0.2, 0.25) is 0 Å². The second kappa shape index (κ2) is 15.7. The maximum Gasteiger partial charge on any atom is 0.490 e.